The number of hydrogen-bond acceptors (Lipinski definition) is 3. The summed E-state index contributed by atoms with van der Waals surface area (Å²) in [6.45, 7) is 3.79. The summed E-state index contributed by atoms with van der Waals surface area (Å²) in [6.07, 6.45) is 2.11. The van der Waals surface area contributed by atoms with Gasteiger partial charge in [-0.1, -0.05) is 0 Å². The summed E-state index contributed by atoms with van der Waals surface area (Å²) >= 11 is 0. The van der Waals surface area contributed by atoms with E-state index in [1.165, 1.54) is 7.11 Å². The summed E-state index contributed by atoms with van der Waals surface area (Å²) in [6, 6.07) is 0. The highest BCUT2D eigenvalue weighted by Gasteiger charge is 2.18. The number of carbonyl (C=O) groups excluding carboxylic acids is 2. The van der Waals surface area contributed by atoms with Gasteiger partial charge in [0.25, 0.3) is 0 Å². The summed E-state index contributed by atoms with van der Waals surface area (Å²) in [5.41, 5.74) is 0. The highest BCUT2D eigenvalue weighted by molar-refractivity contribution is 5.81. The van der Waals surface area contributed by atoms with Gasteiger partial charge in [0.15, 0.2) is 0 Å². The molecule has 1 fully saturated rings. The van der Waals surface area contributed by atoms with Crippen LogP contribution in [0.5, 0.6) is 0 Å². The number of nitrogens with one attached hydrogen (secondary N) is 1. The molecule has 1 N–H and O–H groups in total. The molecule has 0 aliphatic carbocycles. The Morgan fingerprint density at radius 3 is 2.56 bits per heavy atom. The molecule has 0 aromatic rings. The van der Waals surface area contributed by atoms with Crippen molar-refractivity contribution in [2.75, 3.05) is 26.7 Å². The molecule has 5 nitrogen and oxygen atoms in total. The fraction of sp³-hybridized carbons (Fsp3) is 0.818. The van der Waals surface area contributed by atoms with Crippen LogP contribution in [0.15, 0.2) is 0 Å². The first kappa shape index (κ1) is 13.0. The fourth-order valence-corrected chi connectivity index (χ4v) is 1.67. The van der Waals surface area contributed by atoms with Crippen LogP contribution >= 0.6 is 0 Å². The lowest BCUT2D eigenvalue weighted by atomic mass is 10.3. The zero-order valence-electron chi connectivity index (χ0n) is 9.99. The minimum absolute atomic E-state index is 0.128. The molecule has 0 radical (unpaired) electrons. The Balaban J connectivity index is 2.14. The van der Waals surface area contributed by atoms with E-state index in [2.05, 4.69) is 5.32 Å². The zero-order chi connectivity index (χ0) is 12.0. The Bertz CT molecular complexity index is 250. The van der Waals surface area contributed by atoms with Gasteiger partial charge < -0.3 is 15.0 Å². The molecule has 0 bridgehead atoms. The summed E-state index contributed by atoms with van der Waals surface area (Å²) in [4.78, 5) is 24.8. The lowest BCUT2D eigenvalue weighted by molar-refractivity contribution is -0.131. The number of ether oxygens (including phenoxy) is 1. The number of methoxy groups -OCH3 is 1. The van der Waals surface area contributed by atoms with E-state index >= 15 is 0 Å². The molecule has 1 saturated heterocycles. The second kappa shape index (κ2) is 6.48. The van der Waals surface area contributed by atoms with Crippen molar-refractivity contribution in [1.29, 1.82) is 0 Å². The molecule has 0 spiro atoms. The lowest BCUT2D eigenvalue weighted by Crippen LogP contribution is -2.37. The van der Waals surface area contributed by atoms with Crippen LogP contribution < -0.4 is 5.32 Å². The van der Waals surface area contributed by atoms with Crippen molar-refractivity contribution in [3.05, 3.63) is 0 Å². The molecule has 1 unspecified atom stereocenters. The molecule has 92 valence electrons. The molecule has 2 amide bonds. The second-order valence-corrected chi connectivity index (χ2v) is 4.01. The van der Waals surface area contributed by atoms with Crippen molar-refractivity contribution in [2.24, 2.45) is 0 Å². The van der Waals surface area contributed by atoms with E-state index in [0.29, 0.717) is 13.0 Å². The Morgan fingerprint density at radius 1 is 1.38 bits per heavy atom. The van der Waals surface area contributed by atoms with Crippen LogP contribution in [-0.2, 0) is 14.3 Å². The van der Waals surface area contributed by atoms with Gasteiger partial charge in [0.1, 0.15) is 6.10 Å². The molecule has 5 heteroatoms. The van der Waals surface area contributed by atoms with Crippen molar-refractivity contribution >= 4 is 11.8 Å². The normalized spacial score (nSPS) is 17.2. The molecular formula is C11H20N2O3. The Morgan fingerprint density at radius 2 is 2.00 bits per heavy atom. The largest absolute Gasteiger partial charge is 0.372 e. The third-order valence-electron chi connectivity index (χ3n) is 2.82. The Hall–Kier alpha value is -1.10. The molecule has 0 saturated carbocycles. The van der Waals surface area contributed by atoms with E-state index in [9.17, 15) is 9.59 Å². The highest BCUT2D eigenvalue weighted by atomic mass is 16.5. The minimum Gasteiger partial charge on any atom is -0.372 e. The Labute approximate surface area is 96.1 Å². The van der Waals surface area contributed by atoms with Crippen molar-refractivity contribution in [1.82, 2.24) is 10.2 Å². The van der Waals surface area contributed by atoms with Gasteiger partial charge in [0.2, 0.25) is 11.8 Å². The summed E-state index contributed by atoms with van der Waals surface area (Å²) in [5, 5.41) is 2.68. The average molecular weight is 228 g/mol. The van der Waals surface area contributed by atoms with E-state index in [1.54, 1.807) is 6.92 Å². The summed E-state index contributed by atoms with van der Waals surface area (Å²) in [5.74, 6) is -0.0420. The monoisotopic (exact) mass is 228 g/mol. The fourth-order valence-electron chi connectivity index (χ4n) is 1.67. The van der Waals surface area contributed by atoms with Crippen molar-refractivity contribution in [2.45, 2.75) is 32.3 Å². The van der Waals surface area contributed by atoms with E-state index in [1.807, 2.05) is 4.90 Å². The lowest BCUT2D eigenvalue weighted by Gasteiger charge is -2.15. The molecular weight excluding hydrogens is 208 g/mol. The SMILES string of the molecule is COC(C)C(=O)NCCC(=O)N1CCCC1. The van der Waals surface area contributed by atoms with Gasteiger partial charge in [-0.05, 0) is 19.8 Å². The smallest absolute Gasteiger partial charge is 0.248 e. The predicted octanol–water partition coefficient (Wildman–Crippen LogP) is 0.150. The molecule has 1 aliphatic heterocycles. The first-order valence-corrected chi connectivity index (χ1v) is 5.73. The molecule has 0 aromatic carbocycles. The molecule has 1 aliphatic rings. The van der Waals surface area contributed by atoms with Crippen LogP contribution in [0.4, 0.5) is 0 Å². The number of hydrogen-bond donors (Lipinski definition) is 1. The van der Waals surface area contributed by atoms with Gasteiger partial charge in [-0.15, -0.1) is 0 Å². The zero-order valence-corrected chi connectivity index (χ0v) is 9.99. The Kier molecular flexibility index (Phi) is 5.25. The van der Waals surface area contributed by atoms with Gasteiger partial charge in [-0.25, -0.2) is 0 Å². The van der Waals surface area contributed by atoms with Crippen molar-refractivity contribution in [3.8, 4) is 0 Å². The van der Waals surface area contributed by atoms with E-state index in [4.69, 9.17) is 4.74 Å². The van der Waals surface area contributed by atoms with Crippen LogP contribution in [0.1, 0.15) is 26.2 Å². The quantitative estimate of drug-likeness (QED) is 0.728. The molecule has 1 heterocycles. The van der Waals surface area contributed by atoms with Crippen molar-refractivity contribution in [3.63, 3.8) is 0 Å². The number of likely N-dealkylation sites (tertiary alicyclic amines) is 1. The van der Waals surface area contributed by atoms with E-state index < -0.39 is 6.10 Å². The standard InChI is InChI=1S/C11H20N2O3/c1-9(16-2)11(15)12-6-5-10(14)13-7-3-4-8-13/h9H,3-8H2,1-2H3,(H,12,15). The van der Waals surface area contributed by atoms with Crippen LogP contribution in [-0.4, -0.2) is 49.6 Å². The van der Waals surface area contributed by atoms with Crippen LogP contribution in [0, 0.1) is 0 Å². The predicted molar refractivity (Wildman–Crippen MR) is 59.9 cm³/mol. The maximum Gasteiger partial charge on any atom is 0.248 e. The molecule has 1 atom stereocenters. The maximum absolute atomic E-state index is 11.6. The van der Waals surface area contributed by atoms with E-state index in [-0.39, 0.29) is 11.8 Å². The van der Waals surface area contributed by atoms with Gasteiger partial charge in [-0.3, -0.25) is 9.59 Å². The molecule has 0 aromatic heterocycles. The number of rotatable bonds is 5. The van der Waals surface area contributed by atoms with Gasteiger partial charge in [0.05, 0.1) is 0 Å². The van der Waals surface area contributed by atoms with Crippen LogP contribution in [0.2, 0.25) is 0 Å². The number of nitrogens with zero attached hydrogens (tertiary/aromatic N) is 1. The maximum atomic E-state index is 11.6. The first-order valence-electron chi connectivity index (χ1n) is 5.73. The van der Waals surface area contributed by atoms with Gasteiger partial charge in [-0.2, -0.15) is 0 Å². The minimum atomic E-state index is -0.457. The van der Waals surface area contributed by atoms with Crippen LogP contribution in [0.3, 0.4) is 0 Å². The van der Waals surface area contributed by atoms with Crippen LogP contribution in [0.25, 0.3) is 0 Å². The third-order valence-corrected chi connectivity index (χ3v) is 2.82. The molecule has 1 rings (SSSR count). The highest BCUT2D eigenvalue weighted by Crippen LogP contribution is 2.08. The van der Waals surface area contributed by atoms with Gasteiger partial charge in [0, 0.05) is 33.2 Å². The number of carbonyl (C=O) groups is 2. The second-order valence-electron chi connectivity index (χ2n) is 4.01. The van der Waals surface area contributed by atoms with Crippen molar-refractivity contribution < 1.29 is 14.3 Å². The third kappa shape index (κ3) is 3.81. The van der Waals surface area contributed by atoms with Gasteiger partial charge >= 0.3 is 0 Å². The topological polar surface area (TPSA) is 58.6 Å². The number of amides is 2. The summed E-state index contributed by atoms with van der Waals surface area (Å²) in [7, 11) is 1.49. The van der Waals surface area contributed by atoms with E-state index in [0.717, 1.165) is 25.9 Å². The average Bonchev–Trinajstić information content (AvgIpc) is 2.81. The summed E-state index contributed by atoms with van der Waals surface area (Å²) < 4.78 is 4.86. The molecule has 16 heavy (non-hydrogen) atoms. The first-order chi connectivity index (χ1) is 7.65.